The molecule has 28 nitrogen and oxygen atoms in total. The summed E-state index contributed by atoms with van der Waals surface area (Å²) in [5.41, 5.74) is 9.84. The molecule has 66 heavy (non-hydrogen) atoms. The molecule has 2 fully saturated rings. The second-order valence-corrected chi connectivity index (χ2v) is 16.7. The van der Waals surface area contributed by atoms with E-state index in [0.29, 0.717) is 0 Å². The fraction of sp³-hybridized carbons (Fsp3) is 0.737. The highest BCUT2D eigenvalue weighted by molar-refractivity contribution is 5.94. The topological polar surface area (TPSA) is 435 Å². The number of nitrogens with two attached hydrogens (primary N) is 2. The number of aliphatic hydroxyl groups is 4. The number of nitrogens with one attached hydrogen (secondary N) is 7. The molecular formula is C38H63N11O17. The van der Waals surface area contributed by atoms with Crippen molar-refractivity contribution in [3.05, 3.63) is 33.1 Å². The fourth-order valence-corrected chi connectivity index (χ4v) is 7.63. The van der Waals surface area contributed by atoms with Gasteiger partial charge in [-0.2, -0.15) is 0 Å². The molecule has 1 aromatic heterocycles. The van der Waals surface area contributed by atoms with E-state index in [1.54, 1.807) is 27.7 Å². The molecule has 17 N–H and O–H groups in total. The average Bonchev–Trinajstić information content (AvgIpc) is 3.72. The van der Waals surface area contributed by atoms with E-state index in [2.05, 4.69) is 36.9 Å². The lowest BCUT2D eigenvalue weighted by Crippen LogP contribution is -2.66. The van der Waals surface area contributed by atoms with Crippen molar-refractivity contribution in [3.8, 4) is 0 Å². The number of urea groups is 1. The molecule has 0 bridgehead atoms. The van der Waals surface area contributed by atoms with Gasteiger partial charge in [-0.05, 0) is 31.2 Å². The van der Waals surface area contributed by atoms with Gasteiger partial charge in [0.15, 0.2) is 18.5 Å². The minimum Gasteiger partial charge on any atom is -0.480 e. The number of carboxylic acids is 2. The Hall–Kier alpha value is -5.30. The molecule has 1 aromatic rings. The lowest BCUT2D eigenvalue weighted by Gasteiger charge is -2.33. The number of amides is 4. The zero-order valence-corrected chi connectivity index (χ0v) is 36.9. The first-order valence-corrected chi connectivity index (χ1v) is 21.2. The SMILES string of the molecule is COC1C(O)[C@@H](OC(C(NCCCNC(=O)[C@H](NC(=O)[C@@H](NC(=O)N[C@H](C(=O)O)C(C)C)C2CCN=C(N)N2)C(O)C(C)C)C(=O)O)[C@H]2O[C@@H](n3ccc(=O)[nH]c3=O)[C@H](O)[C@@H]2O)O[C@H]1CN. The summed E-state index contributed by atoms with van der Waals surface area (Å²) in [5, 5.41) is 79.7. The number of guanidine groups is 1. The van der Waals surface area contributed by atoms with Gasteiger partial charge in [-0.15, -0.1) is 0 Å². The summed E-state index contributed by atoms with van der Waals surface area (Å²) < 4.78 is 23.6. The molecule has 15 atom stereocenters. The number of hydrogen-bond donors (Lipinski definition) is 15. The maximum atomic E-state index is 13.9. The largest absolute Gasteiger partial charge is 0.480 e. The molecule has 2 saturated heterocycles. The number of rotatable bonds is 23. The third kappa shape index (κ3) is 13.2. The van der Waals surface area contributed by atoms with E-state index in [4.69, 9.17) is 30.4 Å². The number of aromatic amines is 1. The number of ether oxygens (including phenoxy) is 4. The molecule has 3 aliphatic rings. The zero-order valence-electron chi connectivity index (χ0n) is 36.9. The van der Waals surface area contributed by atoms with Gasteiger partial charge >= 0.3 is 23.7 Å². The molecule has 0 spiro atoms. The highest BCUT2D eigenvalue weighted by Crippen LogP contribution is 2.34. The van der Waals surface area contributed by atoms with Crippen molar-refractivity contribution in [3.63, 3.8) is 0 Å². The third-order valence-electron chi connectivity index (χ3n) is 11.3. The first kappa shape index (κ1) is 53.3. The Morgan fingerprint density at radius 1 is 0.924 bits per heavy atom. The molecule has 0 radical (unpaired) electrons. The maximum absolute atomic E-state index is 13.9. The van der Waals surface area contributed by atoms with Crippen LogP contribution in [0.1, 0.15) is 46.8 Å². The van der Waals surface area contributed by atoms with Gasteiger partial charge in [0.05, 0.1) is 12.1 Å². The first-order valence-electron chi connectivity index (χ1n) is 21.2. The summed E-state index contributed by atoms with van der Waals surface area (Å²) >= 11 is 0. The number of hydrogen-bond acceptors (Lipinski definition) is 20. The highest BCUT2D eigenvalue weighted by atomic mass is 16.7. The van der Waals surface area contributed by atoms with Gasteiger partial charge in [0, 0.05) is 39.0 Å². The summed E-state index contributed by atoms with van der Waals surface area (Å²) in [6.45, 7) is 5.92. The molecule has 4 amide bonds. The van der Waals surface area contributed by atoms with E-state index < -0.39 is 144 Å². The minimum atomic E-state index is -1.92. The Morgan fingerprint density at radius 3 is 2.17 bits per heavy atom. The summed E-state index contributed by atoms with van der Waals surface area (Å²) in [5.74, 6) is -5.87. The standard InChI is InChI=1S/C38H63N11O17/c1-14(2)19(33(57)58)47-37(61)48-20(16-7-11-43-36(40)44-16)31(56)46-21(23(51)15(3)4)30(55)42-10-6-9-41-22(34(59)60)28(66-35-26(54)27(63-5)17(13-39)64-35)29-24(52)25(53)32(65-29)49-12-8-18(50)45-38(49)62/h8,12,14-17,19-29,32,35,41,51-54H,6-7,9-11,13,39H2,1-5H3,(H,42,55)(H,46,56)(H,57,58)(H,59,60)(H3,40,43,44)(H,45,50,62)(H2,47,48,61)/t16?,17-,19-,20-,21+,22?,23?,24-,25+,26?,27?,28?,29-,32+,35+/m0/s1. The van der Waals surface area contributed by atoms with E-state index >= 15 is 0 Å². The number of methoxy groups -OCH3 is 1. The molecule has 4 heterocycles. The fourth-order valence-electron chi connectivity index (χ4n) is 7.63. The number of nitrogens with zero attached hydrogens (tertiary/aromatic N) is 2. The zero-order chi connectivity index (χ0) is 49.2. The second-order valence-electron chi connectivity index (χ2n) is 16.7. The third-order valence-corrected chi connectivity index (χ3v) is 11.3. The van der Waals surface area contributed by atoms with Crippen LogP contribution in [0, 0.1) is 11.8 Å². The van der Waals surface area contributed by atoms with Crippen molar-refractivity contribution in [1.82, 2.24) is 41.5 Å². The Labute approximate surface area is 377 Å². The van der Waals surface area contributed by atoms with E-state index in [1.807, 2.05) is 4.98 Å². The predicted octanol–water partition coefficient (Wildman–Crippen LogP) is -6.90. The second kappa shape index (κ2) is 23.9. The van der Waals surface area contributed by atoms with Crippen LogP contribution in [-0.4, -0.2) is 195 Å². The number of aliphatic hydroxyl groups excluding tert-OH is 4. The number of aliphatic carboxylic acids is 2. The quantitative estimate of drug-likeness (QED) is 0.0453. The van der Waals surface area contributed by atoms with Crippen LogP contribution < -0.4 is 54.6 Å². The lowest BCUT2D eigenvalue weighted by molar-refractivity contribution is -0.228. The van der Waals surface area contributed by atoms with Crippen molar-refractivity contribution in [2.75, 3.05) is 33.3 Å². The van der Waals surface area contributed by atoms with E-state index in [-0.39, 0.29) is 45.0 Å². The van der Waals surface area contributed by atoms with Gasteiger partial charge in [-0.3, -0.25) is 33.7 Å². The molecule has 0 saturated carbocycles. The van der Waals surface area contributed by atoms with Gasteiger partial charge in [-0.1, -0.05) is 27.7 Å². The van der Waals surface area contributed by atoms with E-state index in [1.165, 1.54) is 7.11 Å². The molecule has 372 valence electrons. The van der Waals surface area contributed by atoms with Crippen molar-refractivity contribution in [2.24, 2.45) is 28.3 Å². The van der Waals surface area contributed by atoms with Gasteiger partial charge < -0.3 is 93.0 Å². The lowest BCUT2D eigenvalue weighted by atomic mass is 9.97. The summed E-state index contributed by atoms with van der Waals surface area (Å²) in [6.07, 6.45) is -14.4. The van der Waals surface area contributed by atoms with Gasteiger partial charge in [0.1, 0.15) is 66.9 Å². The average molecular weight is 946 g/mol. The van der Waals surface area contributed by atoms with E-state index in [9.17, 15) is 64.2 Å². The van der Waals surface area contributed by atoms with Gasteiger partial charge in [0.2, 0.25) is 11.8 Å². The maximum Gasteiger partial charge on any atom is 0.330 e. The molecule has 6 unspecified atom stereocenters. The van der Waals surface area contributed by atoms with Crippen LogP contribution in [0.2, 0.25) is 0 Å². The summed E-state index contributed by atoms with van der Waals surface area (Å²) in [4.78, 5) is 95.5. The van der Waals surface area contributed by atoms with Crippen LogP contribution in [0.25, 0.3) is 0 Å². The van der Waals surface area contributed by atoms with Gasteiger partial charge in [0.25, 0.3) is 5.56 Å². The summed E-state index contributed by atoms with van der Waals surface area (Å²) in [7, 11) is 1.27. The number of carboxylic acid groups (broad SMARTS) is 2. The Morgan fingerprint density at radius 2 is 1.61 bits per heavy atom. The van der Waals surface area contributed by atoms with Gasteiger partial charge in [-0.25, -0.2) is 14.4 Å². The van der Waals surface area contributed by atoms with Crippen LogP contribution in [0.4, 0.5) is 4.79 Å². The van der Waals surface area contributed by atoms with Crippen molar-refractivity contribution >= 4 is 35.7 Å². The molecule has 0 aliphatic carbocycles. The van der Waals surface area contributed by atoms with Crippen LogP contribution in [0.15, 0.2) is 26.8 Å². The number of aromatic nitrogens is 2. The molecule has 28 heteroatoms. The number of aliphatic imine (C=N–C) groups is 1. The smallest absolute Gasteiger partial charge is 0.330 e. The van der Waals surface area contributed by atoms with Crippen LogP contribution in [0.3, 0.4) is 0 Å². The monoisotopic (exact) mass is 945 g/mol. The molecule has 3 aliphatic heterocycles. The van der Waals surface area contributed by atoms with Crippen LogP contribution >= 0.6 is 0 Å². The summed E-state index contributed by atoms with van der Waals surface area (Å²) in [6, 6.07) is -7.13. The van der Waals surface area contributed by atoms with Crippen LogP contribution in [-0.2, 0) is 38.1 Å². The van der Waals surface area contributed by atoms with Crippen molar-refractivity contribution in [2.45, 2.75) is 132 Å². The predicted molar refractivity (Wildman–Crippen MR) is 226 cm³/mol. The molecule has 0 aromatic carbocycles. The van der Waals surface area contributed by atoms with Crippen LogP contribution in [0.5, 0.6) is 0 Å². The normalized spacial score (nSPS) is 28.0. The minimum absolute atomic E-state index is 0.0219. The Kier molecular flexibility index (Phi) is 19.3. The molecular weight excluding hydrogens is 882 g/mol. The Bertz CT molecular complexity index is 1990. The highest BCUT2D eigenvalue weighted by Gasteiger charge is 2.54. The van der Waals surface area contributed by atoms with E-state index in [0.717, 1.165) is 16.8 Å². The first-order chi connectivity index (χ1) is 31.1. The molecule has 4 rings (SSSR count). The number of carbonyl (C=O) groups excluding carboxylic acids is 3. The van der Waals surface area contributed by atoms with Crippen molar-refractivity contribution < 1.29 is 73.6 Å². The Balaban J connectivity index is 1.49. The number of carbonyl (C=O) groups is 5. The van der Waals surface area contributed by atoms with Crippen molar-refractivity contribution in [1.29, 1.82) is 0 Å². The number of H-pyrrole nitrogens is 1.